The topological polar surface area (TPSA) is 29.9 Å². The van der Waals surface area contributed by atoms with Crippen LogP contribution in [-0.2, 0) is 6.54 Å². The van der Waals surface area contributed by atoms with Gasteiger partial charge in [-0.2, -0.15) is 5.10 Å². The minimum atomic E-state index is -0.211. The number of nitrogens with zero attached hydrogens (tertiary/aromatic N) is 2. The standard InChI is InChI=1S/C13H15BrFN3/c1-9(16-2)11-6-17-18(8-11)7-10-5-12(14)3-4-13(10)15/h3-6,8-9,16H,7H2,1-2H3. The summed E-state index contributed by atoms with van der Waals surface area (Å²) in [4.78, 5) is 0. The molecule has 1 atom stereocenters. The highest BCUT2D eigenvalue weighted by Gasteiger charge is 2.08. The SMILES string of the molecule is CNC(C)c1cnn(Cc2cc(Br)ccc2F)c1. The third-order valence-corrected chi connectivity index (χ3v) is 3.42. The molecule has 0 saturated carbocycles. The summed E-state index contributed by atoms with van der Waals surface area (Å²) in [6.45, 7) is 2.49. The lowest BCUT2D eigenvalue weighted by Gasteiger charge is -2.06. The predicted molar refractivity (Wildman–Crippen MR) is 72.9 cm³/mol. The zero-order valence-electron chi connectivity index (χ0n) is 10.3. The molecule has 0 aliphatic carbocycles. The van der Waals surface area contributed by atoms with Crippen molar-refractivity contribution in [2.45, 2.75) is 19.5 Å². The van der Waals surface area contributed by atoms with E-state index in [0.29, 0.717) is 12.1 Å². The molecule has 0 amide bonds. The van der Waals surface area contributed by atoms with Crippen LogP contribution in [0.25, 0.3) is 0 Å². The molecule has 0 fully saturated rings. The molecule has 1 heterocycles. The van der Waals surface area contributed by atoms with Crippen molar-refractivity contribution < 1.29 is 4.39 Å². The first-order valence-corrected chi connectivity index (χ1v) is 6.53. The Bertz CT molecular complexity index is 539. The predicted octanol–water partition coefficient (Wildman–Crippen LogP) is 3.11. The van der Waals surface area contributed by atoms with Crippen LogP contribution in [0, 0.1) is 5.82 Å². The zero-order valence-corrected chi connectivity index (χ0v) is 11.9. The van der Waals surface area contributed by atoms with Crippen molar-refractivity contribution in [2.75, 3.05) is 7.05 Å². The minimum Gasteiger partial charge on any atom is -0.313 e. The second-order valence-electron chi connectivity index (χ2n) is 4.22. The van der Waals surface area contributed by atoms with Crippen LogP contribution in [0.2, 0.25) is 0 Å². The maximum atomic E-state index is 13.6. The molecule has 3 nitrogen and oxygen atoms in total. The van der Waals surface area contributed by atoms with Crippen LogP contribution in [-0.4, -0.2) is 16.8 Å². The lowest BCUT2D eigenvalue weighted by Crippen LogP contribution is -2.11. The van der Waals surface area contributed by atoms with Gasteiger partial charge in [0.15, 0.2) is 0 Å². The lowest BCUT2D eigenvalue weighted by molar-refractivity contribution is 0.584. The van der Waals surface area contributed by atoms with Gasteiger partial charge < -0.3 is 5.32 Å². The maximum Gasteiger partial charge on any atom is 0.128 e. The Kier molecular flexibility index (Phi) is 4.14. The van der Waals surface area contributed by atoms with E-state index in [1.165, 1.54) is 6.07 Å². The Morgan fingerprint density at radius 2 is 2.28 bits per heavy atom. The van der Waals surface area contributed by atoms with Gasteiger partial charge in [0.25, 0.3) is 0 Å². The molecule has 1 aromatic heterocycles. The monoisotopic (exact) mass is 311 g/mol. The summed E-state index contributed by atoms with van der Waals surface area (Å²) >= 11 is 3.34. The molecule has 0 aliphatic rings. The summed E-state index contributed by atoms with van der Waals surface area (Å²) in [5, 5.41) is 7.39. The highest BCUT2D eigenvalue weighted by molar-refractivity contribution is 9.10. The largest absolute Gasteiger partial charge is 0.313 e. The molecule has 0 bridgehead atoms. The van der Waals surface area contributed by atoms with Crippen LogP contribution >= 0.6 is 15.9 Å². The average molecular weight is 312 g/mol. The summed E-state index contributed by atoms with van der Waals surface area (Å²) in [5.41, 5.74) is 1.71. The van der Waals surface area contributed by atoms with Crippen molar-refractivity contribution in [1.29, 1.82) is 0 Å². The Labute approximate surface area is 114 Å². The van der Waals surface area contributed by atoms with Crippen molar-refractivity contribution in [2.24, 2.45) is 0 Å². The zero-order chi connectivity index (χ0) is 13.1. The third-order valence-electron chi connectivity index (χ3n) is 2.93. The number of hydrogen-bond donors (Lipinski definition) is 1. The van der Waals surface area contributed by atoms with E-state index in [-0.39, 0.29) is 11.9 Å². The van der Waals surface area contributed by atoms with Gasteiger partial charge in [-0.3, -0.25) is 4.68 Å². The molecular weight excluding hydrogens is 297 g/mol. The molecule has 0 radical (unpaired) electrons. The number of nitrogens with one attached hydrogen (secondary N) is 1. The van der Waals surface area contributed by atoms with Crippen LogP contribution in [0.1, 0.15) is 24.1 Å². The maximum absolute atomic E-state index is 13.6. The van der Waals surface area contributed by atoms with Gasteiger partial charge in [-0.25, -0.2) is 4.39 Å². The molecular formula is C13H15BrFN3. The second-order valence-corrected chi connectivity index (χ2v) is 5.13. The normalized spacial score (nSPS) is 12.7. The van der Waals surface area contributed by atoms with Gasteiger partial charge in [0.1, 0.15) is 5.82 Å². The number of rotatable bonds is 4. The number of hydrogen-bond acceptors (Lipinski definition) is 2. The van der Waals surface area contributed by atoms with E-state index in [1.54, 1.807) is 23.0 Å². The molecule has 1 unspecified atom stereocenters. The van der Waals surface area contributed by atoms with Crippen LogP contribution in [0.3, 0.4) is 0 Å². The third kappa shape index (κ3) is 2.97. The molecule has 1 N–H and O–H groups in total. The lowest BCUT2D eigenvalue weighted by atomic mass is 10.2. The van der Waals surface area contributed by atoms with Crippen LogP contribution in [0.4, 0.5) is 4.39 Å². The van der Waals surface area contributed by atoms with Gasteiger partial charge in [0.05, 0.1) is 12.7 Å². The quantitative estimate of drug-likeness (QED) is 0.940. The molecule has 0 spiro atoms. The van der Waals surface area contributed by atoms with Crippen LogP contribution in [0.15, 0.2) is 35.1 Å². The smallest absolute Gasteiger partial charge is 0.128 e. The second kappa shape index (κ2) is 5.63. The molecule has 5 heteroatoms. The summed E-state index contributed by atoms with van der Waals surface area (Å²) in [6.07, 6.45) is 3.73. The Balaban J connectivity index is 2.18. The first kappa shape index (κ1) is 13.2. The highest BCUT2D eigenvalue weighted by Crippen LogP contribution is 2.17. The first-order chi connectivity index (χ1) is 8.60. The van der Waals surface area contributed by atoms with Gasteiger partial charge in [-0.15, -0.1) is 0 Å². The summed E-state index contributed by atoms with van der Waals surface area (Å²) in [6, 6.07) is 5.17. The van der Waals surface area contributed by atoms with Gasteiger partial charge in [-0.1, -0.05) is 15.9 Å². The minimum absolute atomic E-state index is 0.211. The number of benzene rings is 1. The molecule has 2 aromatic rings. The molecule has 18 heavy (non-hydrogen) atoms. The van der Waals surface area contributed by atoms with Gasteiger partial charge in [0, 0.05) is 27.8 Å². The molecule has 96 valence electrons. The van der Waals surface area contributed by atoms with E-state index in [1.807, 2.05) is 13.2 Å². The van der Waals surface area contributed by atoms with Gasteiger partial charge >= 0.3 is 0 Å². The van der Waals surface area contributed by atoms with E-state index in [2.05, 4.69) is 33.3 Å². The fourth-order valence-electron chi connectivity index (χ4n) is 1.70. The van der Waals surface area contributed by atoms with Crippen molar-refractivity contribution in [3.63, 3.8) is 0 Å². The van der Waals surface area contributed by atoms with Crippen molar-refractivity contribution in [3.8, 4) is 0 Å². The van der Waals surface area contributed by atoms with Crippen molar-refractivity contribution in [1.82, 2.24) is 15.1 Å². The van der Waals surface area contributed by atoms with E-state index in [9.17, 15) is 4.39 Å². The highest BCUT2D eigenvalue weighted by atomic mass is 79.9. The van der Waals surface area contributed by atoms with Crippen molar-refractivity contribution in [3.05, 3.63) is 52.0 Å². The van der Waals surface area contributed by atoms with E-state index < -0.39 is 0 Å². The van der Waals surface area contributed by atoms with Crippen LogP contribution in [0.5, 0.6) is 0 Å². The summed E-state index contributed by atoms with van der Waals surface area (Å²) in [7, 11) is 1.90. The number of aromatic nitrogens is 2. The van der Waals surface area contributed by atoms with Gasteiger partial charge in [0.2, 0.25) is 0 Å². The fraction of sp³-hybridized carbons (Fsp3) is 0.308. The Morgan fingerprint density at radius 1 is 1.50 bits per heavy atom. The number of halogens is 2. The Hall–Kier alpha value is -1.20. The first-order valence-electron chi connectivity index (χ1n) is 5.73. The Morgan fingerprint density at radius 3 is 3.00 bits per heavy atom. The fourth-order valence-corrected chi connectivity index (χ4v) is 2.10. The van der Waals surface area contributed by atoms with E-state index in [4.69, 9.17) is 0 Å². The summed E-state index contributed by atoms with van der Waals surface area (Å²) < 4.78 is 16.2. The van der Waals surface area contributed by atoms with Crippen molar-refractivity contribution >= 4 is 15.9 Å². The van der Waals surface area contributed by atoms with Crippen LogP contribution < -0.4 is 5.32 Å². The molecule has 2 rings (SSSR count). The molecule has 1 aromatic carbocycles. The molecule has 0 aliphatic heterocycles. The molecule has 0 saturated heterocycles. The summed E-state index contributed by atoms with van der Waals surface area (Å²) in [5.74, 6) is -0.211. The van der Waals surface area contributed by atoms with Gasteiger partial charge in [-0.05, 0) is 32.2 Å². The van der Waals surface area contributed by atoms with E-state index >= 15 is 0 Å². The van der Waals surface area contributed by atoms with E-state index in [0.717, 1.165) is 10.0 Å². The average Bonchev–Trinajstić information content (AvgIpc) is 2.81.